The topological polar surface area (TPSA) is 36.1 Å². The Morgan fingerprint density at radius 2 is 1.70 bits per heavy atom. The largest absolute Gasteiger partial charge is 0.316 e. The summed E-state index contributed by atoms with van der Waals surface area (Å²) in [4.78, 5) is 0. The zero-order valence-corrected chi connectivity index (χ0v) is 7.62. The van der Waals surface area contributed by atoms with Crippen LogP contribution in [0.4, 0.5) is 0 Å². The van der Waals surface area contributed by atoms with Gasteiger partial charge in [0.25, 0.3) is 0 Å². The van der Waals surface area contributed by atoms with Gasteiger partial charge >= 0.3 is 0 Å². The Hall–Kier alpha value is -0.120. The van der Waals surface area contributed by atoms with Gasteiger partial charge in [0.1, 0.15) is 0 Å². The Balaban J connectivity index is 0. The number of rotatable bonds is 5. The third kappa shape index (κ3) is 15.7. The van der Waals surface area contributed by atoms with Crippen LogP contribution in [0.15, 0.2) is 0 Å². The van der Waals surface area contributed by atoms with Crippen LogP contribution in [0.1, 0.15) is 20.8 Å². The lowest BCUT2D eigenvalue weighted by molar-refractivity contribution is 0.566. The first-order chi connectivity index (χ1) is 4.91. The molecule has 0 aliphatic rings. The van der Waals surface area contributed by atoms with Crippen LogP contribution in [-0.4, -0.2) is 26.7 Å². The average molecular weight is 147 g/mol. The molecular formula is C7H21N3. The smallest absolute Gasteiger partial charge is 0.0225 e. The molecule has 0 unspecified atom stereocenters. The lowest BCUT2D eigenvalue weighted by Gasteiger charge is -2.00. The molecule has 0 saturated carbocycles. The van der Waals surface area contributed by atoms with Crippen molar-refractivity contribution in [2.75, 3.05) is 26.7 Å². The van der Waals surface area contributed by atoms with E-state index in [4.69, 9.17) is 0 Å². The Labute approximate surface area is 64.6 Å². The first-order valence-electron chi connectivity index (χ1n) is 4.02. The first kappa shape index (κ1) is 12.5. The van der Waals surface area contributed by atoms with E-state index in [1.165, 1.54) is 0 Å². The second-order valence-corrected chi connectivity index (χ2v) is 1.53. The molecule has 0 spiro atoms. The first-order valence-corrected chi connectivity index (χ1v) is 4.02. The van der Waals surface area contributed by atoms with Gasteiger partial charge in [0.15, 0.2) is 0 Å². The molecule has 0 amide bonds. The third-order valence-corrected chi connectivity index (χ3v) is 0.854. The summed E-state index contributed by atoms with van der Waals surface area (Å²) in [6, 6.07) is 0. The van der Waals surface area contributed by atoms with E-state index in [0.717, 1.165) is 19.6 Å². The molecule has 0 rings (SSSR count). The van der Waals surface area contributed by atoms with Crippen LogP contribution in [0.2, 0.25) is 0 Å². The van der Waals surface area contributed by atoms with E-state index in [2.05, 4.69) is 23.1 Å². The maximum atomic E-state index is 3.18. The highest BCUT2D eigenvalue weighted by atomic mass is 15.3. The van der Waals surface area contributed by atoms with Gasteiger partial charge in [-0.3, -0.25) is 10.9 Å². The predicted octanol–water partition coefficient (Wildman–Crippen LogP) is 0.346. The minimum Gasteiger partial charge on any atom is -0.316 e. The van der Waals surface area contributed by atoms with Crippen molar-refractivity contribution in [1.29, 1.82) is 0 Å². The second kappa shape index (κ2) is 15.9. The lowest BCUT2D eigenvalue weighted by Crippen LogP contribution is -2.34. The van der Waals surface area contributed by atoms with Crippen LogP contribution in [0, 0.1) is 0 Å². The van der Waals surface area contributed by atoms with E-state index in [-0.39, 0.29) is 0 Å². The van der Waals surface area contributed by atoms with Crippen LogP contribution in [0.25, 0.3) is 0 Å². The van der Waals surface area contributed by atoms with Gasteiger partial charge in [-0.15, -0.1) is 0 Å². The zero-order valence-electron chi connectivity index (χ0n) is 7.62. The molecule has 3 heteroatoms. The molecule has 0 radical (unpaired) electrons. The van der Waals surface area contributed by atoms with Crippen molar-refractivity contribution in [3.63, 3.8) is 0 Å². The Morgan fingerprint density at radius 1 is 1.10 bits per heavy atom. The summed E-state index contributed by atoms with van der Waals surface area (Å²) in [6.07, 6.45) is 0. The summed E-state index contributed by atoms with van der Waals surface area (Å²) >= 11 is 0. The summed E-state index contributed by atoms with van der Waals surface area (Å²) in [5.74, 6) is 0. The number of hydrogen-bond acceptors (Lipinski definition) is 3. The predicted molar refractivity (Wildman–Crippen MR) is 47.0 cm³/mol. The van der Waals surface area contributed by atoms with Gasteiger partial charge in [-0.25, -0.2) is 0 Å². The molecule has 0 saturated heterocycles. The molecular weight excluding hydrogens is 126 g/mol. The molecule has 0 aromatic carbocycles. The van der Waals surface area contributed by atoms with E-state index in [1.54, 1.807) is 0 Å². The zero-order chi connectivity index (χ0) is 8.24. The van der Waals surface area contributed by atoms with Crippen LogP contribution < -0.4 is 16.2 Å². The number of hydrogen-bond donors (Lipinski definition) is 3. The summed E-state index contributed by atoms with van der Waals surface area (Å²) in [5, 5.41) is 3.18. The average Bonchev–Trinajstić information content (AvgIpc) is 2.02. The van der Waals surface area contributed by atoms with Crippen LogP contribution >= 0.6 is 0 Å². The SMILES string of the molecule is CC.CCNCCNNC. The number of likely N-dealkylation sites (N-methyl/N-ethyl adjacent to an activating group) is 1. The van der Waals surface area contributed by atoms with E-state index in [1.807, 2.05) is 20.9 Å². The maximum absolute atomic E-state index is 3.18. The summed E-state index contributed by atoms with van der Waals surface area (Å²) in [7, 11) is 1.87. The minimum absolute atomic E-state index is 0.977. The molecule has 0 aliphatic heterocycles. The molecule has 3 nitrogen and oxygen atoms in total. The highest BCUT2D eigenvalue weighted by Gasteiger charge is 1.78. The van der Waals surface area contributed by atoms with Crippen molar-refractivity contribution in [3.05, 3.63) is 0 Å². The van der Waals surface area contributed by atoms with Crippen molar-refractivity contribution in [2.24, 2.45) is 0 Å². The standard InChI is InChI=1S/C5H15N3.C2H6/c1-3-7-4-5-8-6-2;1-2/h6-8H,3-5H2,1-2H3;1-2H3. The highest BCUT2D eigenvalue weighted by Crippen LogP contribution is 1.52. The van der Waals surface area contributed by atoms with Gasteiger partial charge in [-0.2, -0.15) is 0 Å². The van der Waals surface area contributed by atoms with Gasteiger partial charge in [0.05, 0.1) is 0 Å². The molecule has 3 N–H and O–H groups in total. The molecule has 0 heterocycles. The van der Waals surface area contributed by atoms with Crippen LogP contribution in [0.3, 0.4) is 0 Å². The maximum Gasteiger partial charge on any atom is 0.0225 e. The lowest BCUT2D eigenvalue weighted by atomic mass is 10.6. The van der Waals surface area contributed by atoms with E-state index >= 15 is 0 Å². The summed E-state index contributed by atoms with van der Waals surface area (Å²) in [6.45, 7) is 9.15. The fraction of sp³-hybridized carbons (Fsp3) is 1.00. The van der Waals surface area contributed by atoms with Crippen molar-refractivity contribution in [1.82, 2.24) is 16.2 Å². The van der Waals surface area contributed by atoms with Gasteiger partial charge < -0.3 is 5.32 Å². The molecule has 64 valence electrons. The molecule has 10 heavy (non-hydrogen) atoms. The molecule has 0 atom stereocenters. The Morgan fingerprint density at radius 3 is 2.10 bits per heavy atom. The molecule has 0 aliphatic carbocycles. The fourth-order valence-corrected chi connectivity index (χ4v) is 0.453. The molecule has 0 fully saturated rings. The Kier molecular flexibility index (Phi) is 20.0. The third-order valence-electron chi connectivity index (χ3n) is 0.854. The molecule has 0 aromatic rings. The normalized spacial score (nSPS) is 8.40. The quantitative estimate of drug-likeness (QED) is 0.388. The highest BCUT2D eigenvalue weighted by molar-refractivity contribution is 4.43. The van der Waals surface area contributed by atoms with Crippen LogP contribution in [0.5, 0.6) is 0 Å². The van der Waals surface area contributed by atoms with E-state index in [9.17, 15) is 0 Å². The van der Waals surface area contributed by atoms with Gasteiger partial charge in [-0.05, 0) is 13.6 Å². The van der Waals surface area contributed by atoms with Crippen LogP contribution in [-0.2, 0) is 0 Å². The Bertz CT molecular complexity index is 33.8. The second-order valence-electron chi connectivity index (χ2n) is 1.53. The minimum atomic E-state index is 0.977. The number of hydrazine groups is 1. The van der Waals surface area contributed by atoms with Gasteiger partial charge in [0.2, 0.25) is 0 Å². The van der Waals surface area contributed by atoms with Crippen molar-refractivity contribution >= 4 is 0 Å². The fourth-order valence-electron chi connectivity index (χ4n) is 0.453. The monoisotopic (exact) mass is 147 g/mol. The van der Waals surface area contributed by atoms with Crippen molar-refractivity contribution < 1.29 is 0 Å². The summed E-state index contributed by atoms with van der Waals surface area (Å²) in [5.41, 5.74) is 5.81. The van der Waals surface area contributed by atoms with Crippen molar-refractivity contribution in [2.45, 2.75) is 20.8 Å². The van der Waals surface area contributed by atoms with Gasteiger partial charge in [0, 0.05) is 13.1 Å². The number of nitrogens with one attached hydrogen (secondary N) is 3. The summed E-state index contributed by atoms with van der Waals surface area (Å²) < 4.78 is 0. The van der Waals surface area contributed by atoms with Gasteiger partial charge in [-0.1, -0.05) is 20.8 Å². The van der Waals surface area contributed by atoms with Crippen molar-refractivity contribution in [3.8, 4) is 0 Å². The van der Waals surface area contributed by atoms with E-state index in [0.29, 0.717) is 0 Å². The van der Waals surface area contributed by atoms with E-state index < -0.39 is 0 Å². The molecule has 0 aromatic heterocycles. The molecule has 0 bridgehead atoms.